The van der Waals surface area contributed by atoms with E-state index in [9.17, 15) is 13.2 Å². The van der Waals surface area contributed by atoms with E-state index in [1.807, 2.05) is 24.3 Å². The Morgan fingerprint density at radius 3 is 2.23 bits per heavy atom. The number of amides is 1. The van der Waals surface area contributed by atoms with Crippen LogP contribution < -0.4 is 9.62 Å². The number of hydrogen-bond acceptors (Lipinski definition) is 3. The van der Waals surface area contributed by atoms with E-state index in [-0.39, 0.29) is 10.8 Å². The Morgan fingerprint density at radius 1 is 1.00 bits per heavy atom. The minimum absolute atomic E-state index is 0.125. The van der Waals surface area contributed by atoms with Gasteiger partial charge in [0.1, 0.15) is 0 Å². The molecule has 0 atom stereocenters. The molecule has 0 heterocycles. The van der Waals surface area contributed by atoms with E-state index in [0.717, 1.165) is 12.0 Å². The van der Waals surface area contributed by atoms with Crippen LogP contribution in [0.5, 0.6) is 0 Å². The Hall–Kier alpha value is -2.83. The summed E-state index contributed by atoms with van der Waals surface area (Å²) in [6, 6.07) is 18.6. The van der Waals surface area contributed by atoms with Gasteiger partial charge < -0.3 is 5.32 Å². The first kappa shape index (κ1) is 21.9. The van der Waals surface area contributed by atoms with Crippen LogP contribution in [0, 0.1) is 6.92 Å². The Morgan fingerprint density at radius 2 is 1.63 bits per heavy atom. The molecule has 0 radical (unpaired) electrons. The molecule has 3 aromatic carbocycles. The minimum Gasteiger partial charge on any atom is -0.322 e. The average molecular weight is 443 g/mol. The molecule has 0 bridgehead atoms. The number of sulfonamides is 1. The van der Waals surface area contributed by atoms with Gasteiger partial charge >= 0.3 is 0 Å². The minimum atomic E-state index is -3.80. The largest absolute Gasteiger partial charge is 0.322 e. The van der Waals surface area contributed by atoms with Gasteiger partial charge in [0.15, 0.2) is 0 Å². The van der Waals surface area contributed by atoms with E-state index < -0.39 is 10.0 Å². The van der Waals surface area contributed by atoms with Crippen molar-refractivity contribution in [1.82, 2.24) is 0 Å². The average Bonchev–Trinajstić information content (AvgIpc) is 2.74. The molecule has 0 saturated carbocycles. The number of rotatable bonds is 6. The van der Waals surface area contributed by atoms with E-state index in [2.05, 4.69) is 12.2 Å². The quantitative estimate of drug-likeness (QED) is 0.564. The lowest BCUT2D eigenvalue weighted by Crippen LogP contribution is -2.27. The maximum atomic E-state index is 13.0. The second kappa shape index (κ2) is 8.90. The lowest BCUT2D eigenvalue weighted by Gasteiger charge is -2.22. The predicted molar refractivity (Wildman–Crippen MR) is 122 cm³/mol. The SMILES string of the molecule is CCc1ccc(NC(=O)c2ccc(C)c(N(C)S(=O)(=O)c3ccc(Cl)cc3)c2)cc1. The van der Waals surface area contributed by atoms with E-state index in [1.54, 1.807) is 25.1 Å². The van der Waals surface area contributed by atoms with Crippen molar-refractivity contribution in [2.24, 2.45) is 0 Å². The third kappa shape index (κ3) is 4.66. The first-order valence-electron chi connectivity index (χ1n) is 9.48. The molecule has 0 aliphatic heterocycles. The molecule has 0 fully saturated rings. The fraction of sp³-hybridized carbons (Fsp3) is 0.174. The highest BCUT2D eigenvalue weighted by Crippen LogP contribution is 2.27. The molecule has 0 saturated heterocycles. The zero-order chi connectivity index (χ0) is 21.9. The van der Waals surface area contributed by atoms with Crippen molar-refractivity contribution >= 4 is 38.9 Å². The van der Waals surface area contributed by atoms with Gasteiger partial charge in [0, 0.05) is 23.3 Å². The Kier molecular flexibility index (Phi) is 6.48. The van der Waals surface area contributed by atoms with Crippen LogP contribution in [0.15, 0.2) is 71.6 Å². The third-order valence-corrected chi connectivity index (χ3v) is 6.94. The number of hydrogen-bond donors (Lipinski definition) is 1. The molecule has 0 unspecified atom stereocenters. The van der Waals surface area contributed by atoms with E-state index in [1.165, 1.54) is 41.2 Å². The van der Waals surface area contributed by atoms with Gasteiger partial charge in [-0.2, -0.15) is 0 Å². The highest BCUT2D eigenvalue weighted by Gasteiger charge is 2.23. The molecule has 0 aliphatic carbocycles. The number of nitrogens with one attached hydrogen (secondary N) is 1. The lowest BCUT2D eigenvalue weighted by molar-refractivity contribution is 0.102. The second-order valence-electron chi connectivity index (χ2n) is 6.93. The Balaban J connectivity index is 1.88. The molecule has 1 amide bonds. The molecular formula is C23H23ClN2O3S. The van der Waals surface area contributed by atoms with Crippen molar-refractivity contribution in [1.29, 1.82) is 0 Å². The van der Waals surface area contributed by atoms with Crippen LogP contribution in [0.4, 0.5) is 11.4 Å². The lowest BCUT2D eigenvalue weighted by atomic mass is 10.1. The molecule has 3 aromatic rings. The molecule has 5 nitrogen and oxygen atoms in total. The van der Waals surface area contributed by atoms with E-state index in [0.29, 0.717) is 22.0 Å². The second-order valence-corrected chi connectivity index (χ2v) is 9.34. The molecule has 7 heteroatoms. The number of halogens is 1. The van der Waals surface area contributed by atoms with Gasteiger partial charge in [0.25, 0.3) is 15.9 Å². The van der Waals surface area contributed by atoms with Crippen LogP contribution in [0.3, 0.4) is 0 Å². The van der Waals surface area contributed by atoms with Crippen molar-refractivity contribution in [3.63, 3.8) is 0 Å². The molecule has 1 N–H and O–H groups in total. The van der Waals surface area contributed by atoms with Crippen LogP contribution in [-0.2, 0) is 16.4 Å². The molecular weight excluding hydrogens is 420 g/mol. The molecule has 30 heavy (non-hydrogen) atoms. The van der Waals surface area contributed by atoms with Crippen molar-refractivity contribution in [2.75, 3.05) is 16.7 Å². The molecule has 0 aliphatic rings. The number of carbonyl (C=O) groups is 1. The fourth-order valence-electron chi connectivity index (χ4n) is 3.01. The van der Waals surface area contributed by atoms with Crippen LogP contribution >= 0.6 is 11.6 Å². The van der Waals surface area contributed by atoms with Crippen LogP contribution in [-0.4, -0.2) is 21.4 Å². The van der Waals surface area contributed by atoms with Crippen LogP contribution in [0.1, 0.15) is 28.4 Å². The van der Waals surface area contributed by atoms with Gasteiger partial charge in [-0.25, -0.2) is 8.42 Å². The summed E-state index contributed by atoms with van der Waals surface area (Å²) in [7, 11) is -2.33. The third-order valence-electron chi connectivity index (χ3n) is 4.90. The molecule has 156 valence electrons. The van der Waals surface area contributed by atoms with Gasteiger partial charge in [-0.15, -0.1) is 0 Å². The highest BCUT2D eigenvalue weighted by atomic mass is 35.5. The maximum Gasteiger partial charge on any atom is 0.264 e. The smallest absolute Gasteiger partial charge is 0.264 e. The zero-order valence-electron chi connectivity index (χ0n) is 17.0. The predicted octanol–water partition coefficient (Wildman–Crippen LogP) is 5.29. The van der Waals surface area contributed by atoms with Gasteiger partial charge in [0.05, 0.1) is 10.6 Å². The standard InChI is InChI=1S/C23H23ClN2O3S/c1-4-17-6-11-20(12-7-17)25-23(27)18-8-5-16(2)22(15-18)26(3)30(28,29)21-13-9-19(24)10-14-21/h5-15H,4H2,1-3H3,(H,25,27). The Bertz CT molecular complexity index is 1160. The summed E-state index contributed by atoms with van der Waals surface area (Å²) < 4.78 is 27.2. The zero-order valence-corrected chi connectivity index (χ0v) is 18.6. The van der Waals surface area contributed by atoms with E-state index >= 15 is 0 Å². The summed E-state index contributed by atoms with van der Waals surface area (Å²) in [6.45, 7) is 3.87. The van der Waals surface area contributed by atoms with Crippen LogP contribution in [0.25, 0.3) is 0 Å². The van der Waals surface area contributed by atoms with Crippen molar-refractivity contribution in [3.8, 4) is 0 Å². The Labute approximate surface area is 182 Å². The summed E-state index contributed by atoms with van der Waals surface area (Å²) in [6.07, 6.45) is 0.921. The molecule has 3 rings (SSSR count). The number of anilines is 2. The highest BCUT2D eigenvalue weighted by molar-refractivity contribution is 7.92. The van der Waals surface area contributed by atoms with Gasteiger partial charge in [-0.05, 0) is 73.0 Å². The molecule has 0 spiro atoms. The number of benzene rings is 3. The van der Waals surface area contributed by atoms with Crippen molar-refractivity contribution in [3.05, 3.63) is 88.4 Å². The van der Waals surface area contributed by atoms with Crippen molar-refractivity contribution < 1.29 is 13.2 Å². The summed E-state index contributed by atoms with van der Waals surface area (Å²) in [4.78, 5) is 12.8. The normalized spacial score (nSPS) is 11.2. The van der Waals surface area contributed by atoms with Crippen LogP contribution in [0.2, 0.25) is 5.02 Å². The fourth-order valence-corrected chi connectivity index (χ4v) is 4.39. The first-order chi connectivity index (χ1) is 14.2. The van der Waals surface area contributed by atoms with Gasteiger partial charge in [-0.1, -0.05) is 36.7 Å². The topological polar surface area (TPSA) is 66.5 Å². The summed E-state index contributed by atoms with van der Waals surface area (Å²) >= 11 is 5.87. The summed E-state index contributed by atoms with van der Waals surface area (Å²) in [5.41, 5.74) is 3.40. The number of carbonyl (C=O) groups excluding carboxylic acids is 1. The van der Waals surface area contributed by atoms with Gasteiger partial charge in [0.2, 0.25) is 0 Å². The molecule has 0 aromatic heterocycles. The maximum absolute atomic E-state index is 13.0. The number of nitrogens with zero attached hydrogens (tertiary/aromatic N) is 1. The summed E-state index contributed by atoms with van der Waals surface area (Å²) in [5.74, 6) is -0.308. The van der Waals surface area contributed by atoms with E-state index in [4.69, 9.17) is 11.6 Å². The monoisotopic (exact) mass is 442 g/mol. The van der Waals surface area contributed by atoms with Crippen molar-refractivity contribution in [2.45, 2.75) is 25.2 Å². The number of aryl methyl sites for hydroxylation is 2. The first-order valence-corrected chi connectivity index (χ1v) is 11.3. The van der Waals surface area contributed by atoms with Gasteiger partial charge in [-0.3, -0.25) is 9.10 Å². The summed E-state index contributed by atoms with van der Waals surface area (Å²) in [5, 5.41) is 3.31.